The number of nitrogens with zero attached hydrogens (tertiary/aromatic N) is 3. The molecule has 3 amide bonds. The molecule has 242 valence electrons. The molecule has 1 aromatic heterocycles. The molecule has 12 heteroatoms. The van der Waals surface area contributed by atoms with E-state index >= 15 is 0 Å². The van der Waals surface area contributed by atoms with Gasteiger partial charge in [0.1, 0.15) is 28.5 Å². The average molecular weight is 655 g/mol. The number of amides is 3. The summed E-state index contributed by atoms with van der Waals surface area (Å²) < 4.78 is 25.1. The van der Waals surface area contributed by atoms with Gasteiger partial charge in [0.2, 0.25) is 0 Å². The van der Waals surface area contributed by atoms with Gasteiger partial charge in [-0.2, -0.15) is 0 Å². The van der Waals surface area contributed by atoms with Gasteiger partial charge < -0.3 is 14.8 Å². The first-order chi connectivity index (χ1) is 22.5. The lowest BCUT2D eigenvalue weighted by Crippen LogP contribution is -2.73. The Kier molecular flexibility index (Phi) is 8.78. The van der Waals surface area contributed by atoms with Crippen LogP contribution in [-0.4, -0.2) is 67.3 Å². The van der Waals surface area contributed by atoms with Crippen molar-refractivity contribution in [2.75, 3.05) is 17.2 Å². The zero-order valence-electron chi connectivity index (χ0n) is 26.1. The molecule has 0 radical (unpaired) electrons. The first-order valence-corrected chi connectivity index (χ1v) is 16.6. The van der Waals surface area contributed by atoms with E-state index < -0.39 is 51.9 Å². The minimum absolute atomic E-state index is 0.115. The molecule has 3 atom stereocenters. The number of carbonyl (C=O) groups excluding carboxylic acids is 4. The van der Waals surface area contributed by atoms with E-state index in [-0.39, 0.29) is 22.9 Å². The Labute approximate surface area is 274 Å². The van der Waals surface area contributed by atoms with Crippen molar-refractivity contribution in [3.63, 3.8) is 0 Å². The van der Waals surface area contributed by atoms with E-state index in [0.717, 1.165) is 4.90 Å². The summed E-state index contributed by atoms with van der Waals surface area (Å²) in [5, 5.41) is 1.49. The van der Waals surface area contributed by atoms with E-state index in [1.165, 1.54) is 11.0 Å². The molecular formula is C35H34N4O7S. The van der Waals surface area contributed by atoms with Crippen LogP contribution in [0.5, 0.6) is 0 Å². The molecule has 11 nitrogen and oxygen atoms in total. The third-order valence-corrected chi connectivity index (χ3v) is 9.47. The van der Waals surface area contributed by atoms with Crippen LogP contribution in [0.2, 0.25) is 0 Å². The minimum Gasteiger partial charge on any atom is -0.448 e. The lowest BCUT2D eigenvalue weighted by molar-refractivity contribution is -0.153. The van der Waals surface area contributed by atoms with Gasteiger partial charge in [0.05, 0.1) is 16.6 Å². The van der Waals surface area contributed by atoms with Crippen LogP contribution in [0.1, 0.15) is 44.4 Å². The number of hydrogen-bond acceptors (Lipinski definition) is 8. The van der Waals surface area contributed by atoms with Crippen LogP contribution in [0, 0.1) is 0 Å². The van der Waals surface area contributed by atoms with Gasteiger partial charge in [-0.05, 0) is 62.1 Å². The highest BCUT2D eigenvalue weighted by molar-refractivity contribution is 7.86. The van der Waals surface area contributed by atoms with Crippen molar-refractivity contribution in [3.05, 3.63) is 119 Å². The van der Waals surface area contributed by atoms with Gasteiger partial charge in [0, 0.05) is 18.3 Å². The number of fused-ring (bicyclic) bond motifs is 1. The monoisotopic (exact) mass is 654 g/mol. The quantitative estimate of drug-likeness (QED) is 0.228. The van der Waals surface area contributed by atoms with Gasteiger partial charge >= 0.3 is 12.1 Å². The summed E-state index contributed by atoms with van der Waals surface area (Å²) in [6, 6.07) is 22.5. The van der Waals surface area contributed by atoms with Crippen molar-refractivity contribution < 1.29 is 32.9 Å². The third kappa shape index (κ3) is 6.59. The van der Waals surface area contributed by atoms with Crippen molar-refractivity contribution >= 4 is 40.5 Å². The number of allylic oxidation sites excluding steroid dienone is 1. The van der Waals surface area contributed by atoms with Gasteiger partial charge in [0.25, 0.3) is 11.8 Å². The van der Waals surface area contributed by atoms with Crippen molar-refractivity contribution in [2.45, 2.75) is 50.3 Å². The summed E-state index contributed by atoms with van der Waals surface area (Å²) in [4.78, 5) is 60.9. The molecule has 0 bridgehead atoms. The topological polar surface area (TPSA) is 135 Å². The fourth-order valence-corrected chi connectivity index (χ4v) is 7.41. The van der Waals surface area contributed by atoms with E-state index in [0.29, 0.717) is 35.5 Å². The van der Waals surface area contributed by atoms with Crippen molar-refractivity contribution in [1.29, 1.82) is 0 Å². The predicted octanol–water partition coefficient (Wildman–Crippen LogP) is 4.16. The zero-order chi connectivity index (χ0) is 33.3. The van der Waals surface area contributed by atoms with Gasteiger partial charge in [-0.25, -0.2) is 14.6 Å². The van der Waals surface area contributed by atoms with E-state index in [2.05, 4.69) is 10.3 Å². The number of alkyl carbamates (subject to hydrolysis) is 1. The molecule has 0 aliphatic carbocycles. The average Bonchev–Trinajstić information content (AvgIpc) is 3.41. The number of aromatic nitrogens is 1. The van der Waals surface area contributed by atoms with Crippen molar-refractivity contribution in [1.82, 2.24) is 15.2 Å². The summed E-state index contributed by atoms with van der Waals surface area (Å²) >= 11 is 0. The molecule has 47 heavy (non-hydrogen) atoms. The molecule has 2 saturated heterocycles. The predicted molar refractivity (Wildman–Crippen MR) is 174 cm³/mol. The van der Waals surface area contributed by atoms with Gasteiger partial charge in [-0.3, -0.25) is 23.6 Å². The Morgan fingerprint density at radius 3 is 2.21 bits per heavy atom. The number of esters is 1. The smallest absolute Gasteiger partial charge is 0.408 e. The highest BCUT2D eigenvalue weighted by Crippen LogP contribution is 2.38. The number of ether oxygens (including phenoxy) is 2. The summed E-state index contributed by atoms with van der Waals surface area (Å²) in [7, 11) is -1.74. The molecule has 3 aromatic rings. The van der Waals surface area contributed by atoms with E-state index in [9.17, 15) is 23.4 Å². The Bertz CT molecular complexity index is 1750. The fraction of sp³-hybridized carbons (Fsp3) is 0.286. The summed E-state index contributed by atoms with van der Waals surface area (Å²) in [6.45, 7) is 5.43. The van der Waals surface area contributed by atoms with E-state index in [1.807, 2.05) is 60.7 Å². The maximum atomic E-state index is 14.2. The number of carbonyl (C=O) groups is 4. The van der Waals surface area contributed by atoms with Crippen LogP contribution in [-0.2, 0) is 34.7 Å². The summed E-state index contributed by atoms with van der Waals surface area (Å²) in [5.41, 5.74) is 1.09. The maximum Gasteiger partial charge on any atom is 0.408 e. The largest absolute Gasteiger partial charge is 0.448 e. The zero-order valence-corrected chi connectivity index (χ0v) is 26.9. The van der Waals surface area contributed by atoms with Crippen LogP contribution in [0.15, 0.2) is 108 Å². The molecular weight excluding hydrogens is 620 g/mol. The summed E-state index contributed by atoms with van der Waals surface area (Å²) in [6.07, 6.45) is 1.83. The molecule has 3 aliphatic rings. The molecule has 0 unspecified atom stereocenters. The first kappa shape index (κ1) is 31.9. The second-order valence-electron chi connectivity index (χ2n) is 12.3. The molecule has 4 heterocycles. The molecule has 3 aliphatic heterocycles. The second kappa shape index (κ2) is 13.0. The number of nitrogens with one attached hydrogen (secondary N) is 1. The SMILES string of the molecule is CC(C)(C)OC(=O)N[C@@H]1C(=O)N2C(C(=O)OC(c3ccccc3)c3ccccc3)=C(/C=C3\CCN(c4ccccn4)C3=O)C[S@](=O)[C@H]12. The number of benzene rings is 2. The van der Waals surface area contributed by atoms with Crippen molar-refractivity contribution in [2.24, 2.45) is 0 Å². The van der Waals surface area contributed by atoms with E-state index in [4.69, 9.17) is 9.47 Å². The van der Waals surface area contributed by atoms with Crippen LogP contribution >= 0.6 is 0 Å². The summed E-state index contributed by atoms with van der Waals surface area (Å²) in [5.74, 6) is -1.42. The van der Waals surface area contributed by atoms with Crippen LogP contribution in [0.3, 0.4) is 0 Å². The number of β-lactam (4-membered cyclic amide) rings is 1. The van der Waals surface area contributed by atoms with Gasteiger partial charge in [0.15, 0.2) is 6.10 Å². The number of anilines is 1. The molecule has 1 N–H and O–H groups in total. The Morgan fingerprint density at radius 1 is 0.979 bits per heavy atom. The highest BCUT2D eigenvalue weighted by atomic mass is 32.2. The highest BCUT2D eigenvalue weighted by Gasteiger charge is 2.58. The molecule has 0 saturated carbocycles. The van der Waals surface area contributed by atoms with Crippen LogP contribution in [0.25, 0.3) is 0 Å². The standard InChI is InChI=1S/C35H34N4O7S/c1-35(2,3)46-34(43)37-27-31(41)39-28(33(42)45-29(22-12-6-4-7-13-22)23-14-8-5-9-15-23)25(21-47(44)32(27)39)20-24-17-19-38(30(24)40)26-16-10-11-18-36-26/h4-16,18,20,27,29,32H,17,19,21H2,1-3H3,(H,37,43)/b24-20+/t27-,32-,47+/m1/s1. The lowest BCUT2D eigenvalue weighted by Gasteiger charge is -2.49. The maximum absolute atomic E-state index is 14.2. The minimum atomic E-state index is -1.74. The van der Waals surface area contributed by atoms with E-state index in [1.54, 1.807) is 45.2 Å². The van der Waals surface area contributed by atoms with Crippen molar-refractivity contribution in [3.8, 4) is 0 Å². The molecule has 2 fully saturated rings. The number of rotatable bonds is 7. The Hall–Kier alpha value is -5.10. The van der Waals surface area contributed by atoms with Gasteiger partial charge in [-0.1, -0.05) is 66.7 Å². The molecule has 0 spiro atoms. The number of hydrogen-bond donors (Lipinski definition) is 1. The fourth-order valence-electron chi connectivity index (χ4n) is 5.78. The Morgan fingerprint density at radius 2 is 1.62 bits per heavy atom. The lowest BCUT2D eigenvalue weighted by atomic mass is 10.00. The first-order valence-electron chi connectivity index (χ1n) is 15.2. The van der Waals surface area contributed by atoms with Crippen LogP contribution < -0.4 is 10.2 Å². The number of pyridine rings is 1. The normalized spacial score (nSPS) is 21.9. The molecule has 2 aromatic carbocycles. The third-order valence-electron chi connectivity index (χ3n) is 7.85. The van der Waals surface area contributed by atoms with Gasteiger partial charge in [-0.15, -0.1) is 0 Å². The molecule has 6 rings (SSSR count). The second-order valence-corrected chi connectivity index (χ2v) is 13.8. The van der Waals surface area contributed by atoms with Crippen LogP contribution in [0.4, 0.5) is 10.6 Å². The Balaban J connectivity index is 1.37.